The first-order valence-corrected chi connectivity index (χ1v) is 11.7. The highest BCUT2D eigenvalue weighted by Gasteiger charge is 2.28. The van der Waals surface area contributed by atoms with Crippen molar-refractivity contribution in [1.29, 1.82) is 0 Å². The number of aryl methyl sites for hydroxylation is 1. The van der Waals surface area contributed by atoms with Crippen molar-refractivity contribution in [2.45, 2.75) is 64.1 Å². The Balaban J connectivity index is 1.48. The van der Waals surface area contributed by atoms with Crippen LogP contribution in [0.25, 0.3) is 10.8 Å². The summed E-state index contributed by atoms with van der Waals surface area (Å²) in [5.41, 5.74) is 2.20. The summed E-state index contributed by atoms with van der Waals surface area (Å²) >= 11 is 0. The molecule has 1 aliphatic rings. The van der Waals surface area contributed by atoms with Gasteiger partial charge < -0.3 is 10.2 Å². The molecule has 3 aromatic rings. The van der Waals surface area contributed by atoms with E-state index in [1.165, 1.54) is 16.3 Å². The molecule has 3 aromatic carbocycles. The molecule has 1 atom stereocenters. The van der Waals surface area contributed by atoms with E-state index in [0.29, 0.717) is 19.4 Å². The van der Waals surface area contributed by atoms with Crippen LogP contribution in [0.15, 0.2) is 72.8 Å². The molecule has 32 heavy (non-hydrogen) atoms. The van der Waals surface area contributed by atoms with Gasteiger partial charge in [0.25, 0.3) is 0 Å². The average Bonchev–Trinajstić information content (AvgIpc) is 3.34. The van der Waals surface area contributed by atoms with Gasteiger partial charge in [0.15, 0.2) is 0 Å². The summed E-state index contributed by atoms with van der Waals surface area (Å²) in [5, 5.41) is 5.53. The van der Waals surface area contributed by atoms with Crippen molar-refractivity contribution >= 4 is 22.6 Å². The van der Waals surface area contributed by atoms with Crippen LogP contribution in [0.5, 0.6) is 0 Å². The van der Waals surface area contributed by atoms with E-state index in [9.17, 15) is 9.59 Å². The van der Waals surface area contributed by atoms with Crippen LogP contribution in [0, 0.1) is 0 Å². The zero-order valence-electron chi connectivity index (χ0n) is 18.8. The Morgan fingerprint density at radius 3 is 2.41 bits per heavy atom. The fraction of sp³-hybridized carbons (Fsp3) is 0.357. The molecule has 1 N–H and O–H groups in total. The predicted octanol–water partition coefficient (Wildman–Crippen LogP) is 5.25. The molecule has 1 saturated carbocycles. The molecule has 0 saturated heterocycles. The number of hydrogen-bond donors (Lipinski definition) is 1. The Morgan fingerprint density at radius 2 is 1.62 bits per heavy atom. The quantitative estimate of drug-likeness (QED) is 0.533. The molecule has 0 heterocycles. The highest BCUT2D eigenvalue weighted by molar-refractivity contribution is 5.89. The van der Waals surface area contributed by atoms with E-state index < -0.39 is 6.04 Å². The molecule has 1 fully saturated rings. The zero-order chi connectivity index (χ0) is 22.3. The Morgan fingerprint density at radius 1 is 0.938 bits per heavy atom. The zero-order valence-corrected chi connectivity index (χ0v) is 18.8. The van der Waals surface area contributed by atoms with Crippen molar-refractivity contribution < 1.29 is 9.59 Å². The van der Waals surface area contributed by atoms with Crippen molar-refractivity contribution in [3.63, 3.8) is 0 Å². The maximum absolute atomic E-state index is 13.4. The van der Waals surface area contributed by atoms with Crippen molar-refractivity contribution in [2.24, 2.45) is 0 Å². The molecule has 0 radical (unpaired) electrons. The minimum atomic E-state index is -0.504. The summed E-state index contributed by atoms with van der Waals surface area (Å²) in [6, 6.07) is 24.2. The number of carbonyl (C=O) groups excluding carboxylic acids is 2. The number of amides is 2. The standard InChI is InChI=1S/C28H32N2O2/c1-21(28(32)29-25-15-6-7-16-25)30(20-22-10-3-2-4-11-22)27(31)19-18-24-14-9-13-23-12-5-8-17-26(23)24/h2-5,8-14,17,21,25H,6-7,15-16,18-20H2,1H3,(H,29,32)/t21-/m0/s1. The second-order valence-electron chi connectivity index (χ2n) is 8.81. The number of rotatable bonds is 8. The first-order valence-electron chi connectivity index (χ1n) is 11.7. The topological polar surface area (TPSA) is 49.4 Å². The van der Waals surface area contributed by atoms with Gasteiger partial charge in [-0.05, 0) is 48.1 Å². The van der Waals surface area contributed by atoms with E-state index in [1.54, 1.807) is 4.90 Å². The van der Waals surface area contributed by atoms with E-state index >= 15 is 0 Å². The molecule has 0 aromatic heterocycles. The third-order valence-electron chi connectivity index (χ3n) is 6.55. The second-order valence-corrected chi connectivity index (χ2v) is 8.81. The molecule has 166 valence electrons. The highest BCUT2D eigenvalue weighted by atomic mass is 16.2. The lowest BCUT2D eigenvalue weighted by atomic mass is 10.0. The van der Waals surface area contributed by atoms with Crippen LogP contribution < -0.4 is 5.32 Å². The van der Waals surface area contributed by atoms with Gasteiger partial charge in [-0.2, -0.15) is 0 Å². The lowest BCUT2D eigenvalue weighted by Gasteiger charge is -2.30. The molecule has 0 spiro atoms. The summed E-state index contributed by atoms with van der Waals surface area (Å²) < 4.78 is 0. The van der Waals surface area contributed by atoms with Gasteiger partial charge in [0.05, 0.1) is 0 Å². The van der Waals surface area contributed by atoms with Crippen molar-refractivity contribution in [1.82, 2.24) is 10.2 Å². The molecular formula is C28H32N2O2. The van der Waals surface area contributed by atoms with Gasteiger partial charge in [0.2, 0.25) is 11.8 Å². The summed E-state index contributed by atoms with van der Waals surface area (Å²) in [6.07, 6.45) is 5.43. The predicted molar refractivity (Wildman–Crippen MR) is 129 cm³/mol. The number of benzene rings is 3. The van der Waals surface area contributed by atoms with Gasteiger partial charge in [-0.1, -0.05) is 85.6 Å². The lowest BCUT2D eigenvalue weighted by Crippen LogP contribution is -2.49. The first-order chi connectivity index (χ1) is 15.6. The van der Waals surface area contributed by atoms with Gasteiger partial charge in [0, 0.05) is 19.0 Å². The molecule has 4 heteroatoms. The van der Waals surface area contributed by atoms with E-state index in [4.69, 9.17) is 0 Å². The van der Waals surface area contributed by atoms with Crippen molar-refractivity contribution in [2.75, 3.05) is 0 Å². The van der Waals surface area contributed by atoms with E-state index in [0.717, 1.165) is 31.2 Å². The molecule has 0 bridgehead atoms. The molecule has 4 rings (SSSR count). The van der Waals surface area contributed by atoms with Crippen LogP contribution in [-0.2, 0) is 22.6 Å². The van der Waals surface area contributed by atoms with E-state index in [2.05, 4.69) is 29.6 Å². The van der Waals surface area contributed by atoms with Crippen LogP contribution in [0.1, 0.15) is 50.2 Å². The third-order valence-corrected chi connectivity index (χ3v) is 6.55. The third kappa shape index (κ3) is 5.37. The average molecular weight is 429 g/mol. The maximum atomic E-state index is 13.4. The van der Waals surface area contributed by atoms with Crippen molar-refractivity contribution in [3.05, 3.63) is 83.9 Å². The Kier molecular flexibility index (Phi) is 7.21. The normalized spacial score (nSPS) is 14.9. The summed E-state index contributed by atoms with van der Waals surface area (Å²) in [6.45, 7) is 2.29. The molecule has 2 amide bonds. The minimum absolute atomic E-state index is 0.0101. The van der Waals surface area contributed by atoms with Gasteiger partial charge in [0.1, 0.15) is 6.04 Å². The largest absolute Gasteiger partial charge is 0.352 e. The molecule has 0 aliphatic heterocycles. The SMILES string of the molecule is C[C@@H](C(=O)NC1CCCC1)N(Cc1ccccc1)C(=O)CCc1cccc2ccccc12. The fourth-order valence-corrected chi connectivity index (χ4v) is 4.65. The first kappa shape index (κ1) is 22.1. The molecule has 1 aliphatic carbocycles. The van der Waals surface area contributed by atoms with Crippen LogP contribution in [0.3, 0.4) is 0 Å². The number of carbonyl (C=O) groups is 2. The summed E-state index contributed by atoms with van der Waals surface area (Å²) in [4.78, 5) is 28.1. The second kappa shape index (κ2) is 10.4. The van der Waals surface area contributed by atoms with Gasteiger partial charge in [-0.3, -0.25) is 9.59 Å². The van der Waals surface area contributed by atoms with Gasteiger partial charge >= 0.3 is 0 Å². The number of nitrogens with zero attached hydrogens (tertiary/aromatic N) is 1. The lowest BCUT2D eigenvalue weighted by molar-refractivity contribution is -0.140. The van der Waals surface area contributed by atoms with Crippen LogP contribution >= 0.6 is 0 Å². The van der Waals surface area contributed by atoms with E-state index in [1.807, 2.05) is 55.5 Å². The summed E-state index contributed by atoms with van der Waals surface area (Å²) in [5.74, 6) is -0.0396. The minimum Gasteiger partial charge on any atom is -0.352 e. The summed E-state index contributed by atoms with van der Waals surface area (Å²) in [7, 11) is 0. The monoisotopic (exact) mass is 428 g/mol. The number of fused-ring (bicyclic) bond motifs is 1. The number of hydrogen-bond acceptors (Lipinski definition) is 2. The van der Waals surface area contributed by atoms with Gasteiger partial charge in [-0.15, -0.1) is 0 Å². The highest BCUT2D eigenvalue weighted by Crippen LogP contribution is 2.21. The maximum Gasteiger partial charge on any atom is 0.242 e. The van der Waals surface area contributed by atoms with Gasteiger partial charge in [-0.25, -0.2) is 0 Å². The number of nitrogens with one attached hydrogen (secondary N) is 1. The van der Waals surface area contributed by atoms with Crippen LogP contribution in [0.4, 0.5) is 0 Å². The Bertz CT molecular complexity index is 1050. The molecule has 0 unspecified atom stereocenters. The fourth-order valence-electron chi connectivity index (χ4n) is 4.65. The molecular weight excluding hydrogens is 396 g/mol. The van der Waals surface area contributed by atoms with Crippen LogP contribution in [0.2, 0.25) is 0 Å². The Hall–Kier alpha value is -3.14. The smallest absolute Gasteiger partial charge is 0.242 e. The van der Waals surface area contributed by atoms with Crippen LogP contribution in [-0.4, -0.2) is 28.8 Å². The van der Waals surface area contributed by atoms with E-state index in [-0.39, 0.29) is 17.9 Å². The molecule has 4 nitrogen and oxygen atoms in total. The Labute approximate surface area is 190 Å². The van der Waals surface area contributed by atoms with Crippen molar-refractivity contribution in [3.8, 4) is 0 Å².